The number of hydrogen-bond donors (Lipinski definition) is 1. The van der Waals surface area contributed by atoms with Crippen molar-refractivity contribution in [2.75, 3.05) is 6.61 Å². The van der Waals surface area contributed by atoms with Crippen molar-refractivity contribution in [1.82, 2.24) is 4.98 Å². The van der Waals surface area contributed by atoms with Crippen LogP contribution in [0.1, 0.15) is 18.2 Å². The maximum absolute atomic E-state index is 13.3. The number of nitrogens with zero attached hydrogens (tertiary/aromatic N) is 1. The number of aromatic nitrogens is 1. The number of halogens is 1. The van der Waals surface area contributed by atoms with E-state index in [1.54, 1.807) is 32.0 Å². The van der Waals surface area contributed by atoms with E-state index in [4.69, 9.17) is 5.26 Å². The Balaban J connectivity index is 0.000000280. The number of aromatic amines is 1. The summed E-state index contributed by atoms with van der Waals surface area (Å²) in [7, 11) is 0. The summed E-state index contributed by atoms with van der Waals surface area (Å²) in [5, 5.41) is 9.15. The van der Waals surface area contributed by atoms with Crippen LogP contribution in [0.15, 0.2) is 18.2 Å². The summed E-state index contributed by atoms with van der Waals surface area (Å²) in [6.45, 7) is 4.33. The number of nitrogens with one attached hydrogen (secondary N) is 1. The first-order chi connectivity index (χ1) is 8.63. The highest BCUT2D eigenvalue weighted by atomic mass is 19.1. The van der Waals surface area contributed by atoms with E-state index in [-0.39, 0.29) is 5.82 Å². The van der Waals surface area contributed by atoms with Gasteiger partial charge < -0.3 is 9.72 Å². The number of rotatable bonds is 2. The van der Waals surface area contributed by atoms with E-state index in [1.807, 2.05) is 6.07 Å². The van der Waals surface area contributed by atoms with E-state index in [1.165, 1.54) is 0 Å². The molecule has 0 spiro atoms. The number of aryl methyl sites for hydroxylation is 1. The highest BCUT2D eigenvalue weighted by Gasteiger charge is 2.07. The van der Waals surface area contributed by atoms with Crippen LogP contribution in [-0.2, 0) is 9.53 Å². The topological polar surface area (TPSA) is 65.9 Å². The van der Waals surface area contributed by atoms with Gasteiger partial charge >= 0.3 is 0 Å². The molecule has 0 saturated carbocycles. The van der Waals surface area contributed by atoms with Gasteiger partial charge in [0.15, 0.2) is 5.82 Å². The van der Waals surface area contributed by atoms with Crippen LogP contribution >= 0.6 is 0 Å². The van der Waals surface area contributed by atoms with Crippen molar-refractivity contribution in [2.45, 2.75) is 13.8 Å². The lowest BCUT2D eigenvalue weighted by atomic mass is 10.2. The highest BCUT2D eigenvalue weighted by Crippen LogP contribution is 2.20. The minimum absolute atomic E-state index is 0.237. The van der Waals surface area contributed by atoms with Gasteiger partial charge in [-0.15, -0.1) is 0 Å². The molecule has 0 unspecified atom stereocenters. The van der Waals surface area contributed by atoms with Gasteiger partial charge in [-0.25, -0.2) is 4.39 Å². The molecule has 1 N–H and O–H groups in total. The number of hydrogen-bond acceptors (Lipinski definition) is 3. The molecule has 4 nitrogen and oxygen atoms in total. The summed E-state index contributed by atoms with van der Waals surface area (Å²) >= 11 is 0. The monoisotopic (exact) mass is 248 g/mol. The molecule has 0 aliphatic carbocycles. The molecule has 0 saturated heterocycles. The van der Waals surface area contributed by atoms with Gasteiger partial charge in [0.2, 0.25) is 0 Å². The van der Waals surface area contributed by atoms with Crippen LogP contribution in [0, 0.1) is 24.1 Å². The molecule has 0 fully saturated rings. The summed E-state index contributed by atoms with van der Waals surface area (Å²) in [6, 6.07) is 6.88. The minimum Gasteiger partial charge on any atom is -0.468 e. The van der Waals surface area contributed by atoms with Gasteiger partial charge in [0.05, 0.1) is 18.2 Å². The van der Waals surface area contributed by atoms with Crippen LogP contribution in [0.5, 0.6) is 0 Å². The van der Waals surface area contributed by atoms with Gasteiger partial charge in [0.1, 0.15) is 0 Å². The molecule has 0 atom stereocenters. The molecule has 1 aromatic heterocycles. The van der Waals surface area contributed by atoms with E-state index >= 15 is 0 Å². The fraction of sp³-hybridized carbons (Fsp3) is 0.231. The lowest BCUT2D eigenvalue weighted by Gasteiger charge is -1.89. The predicted octanol–water partition coefficient (Wildman–Crippen LogP) is 2.67. The van der Waals surface area contributed by atoms with Crippen molar-refractivity contribution < 1.29 is 13.9 Å². The molecule has 1 heterocycles. The van der Waals surface area contributed by atoms with Crippen LogP contribution in [-0.4, -0.2) is 18.1 Å². The number of carbonyl (C=O) groups is 1. The Morgan fingerprint density at radius 1 is 1.56 bits per heavy atom. The van der Waals surface area contributed by atoms with Gasteiger partial charge in [-0.2, -0.15) is 5.26 Å². The number of H-pyrrole nitrogens is 1. The molecule has 0 radical (unpaired) electrons. The second-order valence-electron chi connectivity index (χ2n) is 3.49. The fourth-order valence-electron chi connectivity index (χ4n) is 1.44. The molecule has 0 aliphatic rings. The number of benzene rings is 1. The maximum Gasteiger partial charge on any atom is 0.293 e. The zero-order valence-corrected chi connectivity index (χ0v) is 10.2. The third-order valence-electron chi connectivity index (χ3n) is 2.27. The van der Waals surface area contributed by atoms with E-state index in [0.29, 0.717) is 35.2 Å². The Bertz CT molecular complexity index is 584. The molecule has 18 heavy (non-hydrogen) atoms. The molecule has 94 valence electrons. The first-order valence-electron chi connectivity index (χ1n) is 5.37. The molecule has 0 amide bonds. The van der Waals surface area contributed by atoms with Crippen molar-refractivity contribution in [3.8, 4) is 6.07 Å². The molecule has 0 bridgehead atoms. The first kappa shape index (κ1) is 13.7. The van der Waals surface area contributed by atoms with E-state index in [2.05, 4.69) is 9.72 Å². The van der Waals surface area contributed by atoms with E-state index < -0.39 is 0 Å². The number of fused-ring (bicyclic) bond motifs is 1. The van der Waals surface area contributed by atoms with Crippen molar-refractivity contribution in [3.63, 3.8) is 0 Å². The lowest BCUT2D eigenvalue weighted by molar-refractivity contribution is -0.128. The minimum atomic E-state index is -0.237. The standard InChI is InChI=1S/C10H7FN2.C3H6O2/c1-6-10(11)8-3-2-7(5-12)4-9(8)13-6;1-2-5-3-4/h2-4,13H,1H3;3H,2H2,1H3. The van der Waals surface area contributed by atoms with Crippen molar-refractivity contribution in [1.29, 1.82) is 5.26 Å². The Kier molecular flexibility index (Phi) is 4.88. The SMILES string of the molecule is CCOC=O.Cc1[nH]c2cc(C#N)ccc2c1F. The zero-order chi connectivity index (χ0) is 13.5. The third kappa shape index (κ3) is 3.08. The van der Waals surface area contributed by atoms with Gasteiger partial charge in [-0.1, -0.05) is 0 Å². The number of nitriles is 1. The molecule has 2 aromatic rings. The van der Waals surface area contributed by atoms with Crippen LogP contribution in [0.4, 0.5) is 4.39 Å². The van der Waals surface area contributed by atoms with E-state index in [9.17, 15) is 9.18 Å². The molecule has 2 rings (SSSR count). The average molecular weight is 248 g/mol. The Hall–Kier alpha value is -2.35. The van der Waals surface area contributed by atoms with Crippen LogP contribution in [0.25, 0.3) is 10.9 Å². The smallest absolute Gasteiger partial charge is 0.293 e. The van der Waals surface area contributed by atoms with Crippen molar-refractivity contribution >= 4 is 17.4 Å². The van der Waals surface area contributed by atoms with Gasteiger partial charge in [0, 0.05) is 16.6 Å². The number of carbonyl (C=O) groups excluding carboxylic acids is 1. The van der Waals surface area contributed by atoms with Crippen LogP contribution in [0.3, 0.4) is 0 Å². The van der Waals surface area contributed by atoms with Gasteiger partial charge in [-0.3, -0.25) is 4.79 Å². The van der Waals surface area contributed by atoms with Gasteiger partial charge in [-0.05, 0) is 32.0 Å². The Labute approximate surface area is 104 Å². The summed E-state index contributed by atoms with van der Waals surface area (Å²) in [4.78, 5) is 12.1. The third-order valence-corrected chi connectivity index (χ3v) is 2.27. The summed E-state index contributed by atoms with van der Waals surface area (Å²) < 4.78 is 17.4. The van der Waals surface area contributed by atoms with Gasteiger partial charge in [0.25, 0.3) is 6.47 Å². The van der Waals surface area contributed by atoms with Crippen LogP contribution in [0.2, 0.25) is 0 Å². The van der Waals surface area contributed by atoms with E-state index in [0.717, 1.165) is 0 Å². The molecule has 5 heteroatoms. The first-order valence-corrected chi connectivity index (χ1v) is 5.37. The Morgan fingerprint density at radius 3 is 2.78 bits per heavy atom. The summed E-state index contributed by atoms with van der Waals surface area (Å²) in [5.74, 6) is -0.237. The largest absolute Gasteiger partial charge is 0.468 e. The normalized spacial score (nSPS) is 9.22. The van der Waals surface area contributed by atoms with Crippen LogP contribution < -0.4 is 0 Å². The quantitative estimate of drug-likeness (QED) is 0.831. The summed E-state index contributed by atoms with van der Waals surface area (Å²) in [6.07, 6.45) is 0. The second kappa shape index (κ2) is 6.40. The predicted molar refractivity (Wildman–Crippen MR) is 65.4 cm³/mol. The second-order valence-corrected chi connectivity index (χ2v) is 3.49. The van der Waals surface area contributed by atoms with Crippen molar-refractivity contribution in [3.05, 3.63) is 35.3 Å². The fourth-order valence-corrected chi connectivity index (χ4v) is 1.44. The molecular formula is C13H13FN2O2. The lowest BCUT2D eigenvalue weighted by Crippen LogP contribution is -1.80. The zero-order valence-electron chi connectivity index (χ0n) is 10.2. The Morgan fingerprint density at radius 2 is 2.28 bits per heavy atom. The summed E-state index contributed by atoms with van der Waals surface area (Å²) in [5.41, 5.74) is 1.72. The molecular weight excluding hydrogens is 235 g/mol. The number of ether oxygens (including phenoxy) is 1. The maximum atomic E-state index is 13.3. The van der Waals surface area contributed by atoms with Crippen molar-refractivity contribution in [2.24, 2.45) is 0 Å². The molecule has 0 aliphatic heterocycles. The average Bonchev–Trinajstić information content (AvgIpc) is 2.66. The molecule has 1 aromatic carbocycles. The highest BCUT2D eigenvalue weighted by molar-refractivity contribution is 5.82.